The number of hydrogen-bond acceptors (Lipinski definition) is 5. The molecule has 0 spiro atoms. The van der Waals surface area contributed by atoms with Gasteiger partial charge in [-0.2, -0.15) is 4.98 Å². The molecule has 3 aromatic rings. The Hall–Kier alpha value is -3.03. The van der Waals surface area contributed by atoms with E-state index in [-0.39, 0.29) is 11.3 Å². The lowest BCUT2D eigenvalue weighted by molar-refractivity contribution is -0.147. The molecule has 190 valence electrons. The Balaban J connectivity index is 1.61. The van der Waals surface area contributed by atoms with Crippen LogP contribution in [-0.4, -0.2) is 33.6 Å². The highest BCUT2D eigenvalue weighted by Crippen LogP contribution is 2.32. The second kappa shape index (κ2) is 10.5. The van der Waals surface area contributed by atoms with Gasteiger partial charge in [0.25, 0.3) is 5.91 Å². The molecule has 0 unspecified atom stereocenters. The third-order valence-corrected chi connectivity index (χ3v) is 7.17. The van der Waals surface area contributed by atoms with Gasteiger partial charge in [0.15, 0.2) is 5.82 Å². The van der Waals surface area contributed by atoms with Gasteiger partial charge in [0.05, 0.1) is 5.02 Å². The van der Waals surface area contributed by atoms with Crippen LogP contribution in [0.1, 0.15) is 64.0 Å². The van der Waals surface area contributed by atoms with E-state index >= 15 is 0 Å². The van der Waals surface area contributed by atoms with Crippen LogP contribution >= 0.6 is 11.6 Å². The highest BCUT2D eigenvalue weighted by Gasteiger charge is 2.39. The predicted octanol–water partition coefficient (Wildman–Crippen LogP) is 5.42. The first kappa shape index (κ1) is 26.0. The van der Waals surface area contributed by atoms with E-state index < -0.39 is 11.3 Å². The molecule has 1 aromatic heterocycles. The summed E-state index contributed by atoms with van der Waals surface area (Å²) in [6.07, 6.45) is 4.53. The first-order valence-electron chi connectivity index (χ1n) is 12.3. The van der Waals surface area contributed by atoms with E-state index in [4.69, 9.17) is 16.3 Å². The number of carbonyl (C=O) groups is 1. The number of benzene rings is 2. The second-order valence-electron chi connectivity index (χ2n) is 10.4. The van der Waals surface area contributed by atoms with Crippen molar-refractivity contribution in [2.45, 2.75) is 70.4 Å². The molecule has 1 amide bonds. The second-order valence-corrected chi connectivity index (χ2v) is 10.8. The van der Waals surface area contributed by atoms with E-state index in [1.165, 1.54) is 0 Å². The Morgan fingerprint density at radius 2 is 1.86 bits per heavy atom. The van der Waals surface area contributed by atoms with Crippen molar-refractivity contribution in [2.75, 3.05) is 7.11 Å². The van der Waals surface area contributed by atoms with E-state index in [1.54, 1.807) is 13.2 Å². The number of hydrogen-bond donors (Lipinski definition) is 2. The quantitative estimate of drug-likeness (QED) is 0.463. The summed E-state index contributed by atoms with van der Waals surface area (Å²) in [5.41, 5.74) is 1.95. The molecule has 2 N–H and O–H groups in total. The minimum Gasteiger partial charge on any atom is -0.368 e. The van der Waals surface area contributed by atoms with Crippen molar-refractivity contribution in [2.24, 2.45) is 0 Å². The number of aromatic amines is 1. The van der Waals surface area contributed by atoms with Crippen molar-refractivity contribution in [1.29, 1.82) is 0 Å². The molecular weight excluding hydrogens is 476 g/mol. The molecule has 36 heavy (non-hydrogen) atoms. The van der Waals surface area contributed by atoms with Gasteiger partial charge in [0, 0.05) is 24.8 Å². The van der Waals surface area contributed by atoms with Crippen LogP contribution in [0.25, 0.3) is 22.8 Å². The fraction of sp³-hybridized carbons (Fsp3) is 0.429. The summed E-state index contributed by atoms with van der Waals surface area (Å²) in [7, 11) is 1.60. The molecule has 4 rings (SSSR count). The number of halogens is 1. The lowest BCUT2D eigenvalue weighted by atomic mass is 9.84. The number of carbonyl (C=O) groups excluding carboxylic acids is 1. The van der Waals surface area contributed by atoms with Crippen molar-refractivity contribution in [1.82, 2.24) is 20.3 Å². The summed E-state index contributed by atoms with van der Waals surface area (Å²) in [6.45, 7) is 6.69. The SMILES string of the molecule is COC1(C(=O)NCc2ccc(Cl)c(-c3nc(-c4cccc(C(C)(C)C)c4)nc(=O)[nH]3)c2)CCCCC1. The summed E-state index contributed by atoms with van der Waals surface area (Å²) in [5, 5.41) is 3.46. The number of methoxy groups -OCH3 is 1. The first-order chi connectivity index (χ1) is 17.1. The van der Waals surface area contributed by atoms with Crippen molar-refractivity contribution < 1.29 is 9.53 Å². The van der Waals surface area contributed by atoms with Crippen molar-refractivity contribution in [3.05, 3.63) is 69.1 Å². The maximum Gasteiger partial charge on any atom is 0.348 e. The summed E-state index contributed by atoms with van der Waals surface area (Å²) >= 11 is 6.51. The van der Waals surface area contributed by atoms with Crippen LogP contribution in [0.3, 0.4) is 0 Å². The Morgan fingerprint density at radius 3 is 2.56 bits per heavy atom. The lowest BCUT2D eigenvalue weighted by Gasteiger charge is -2.34. The van der Waals surface area contributed by atoms with Gasteiger partial charge in [0.1, 0.15) is 11.4 Å². The monoisotopic (exact) mass is 508 g/mol. The Labute approximate surface area is 216 Å². The van der Waals surface area contributed by atoms with Gasteiger partial charge in [-0.15, -0.1) is 0 Å². The zero-order valence-electron chi connectivity index (χ0n) is 21.3. The summed E-state index contributed by atoms with van der Waals surface area (Å²) in [4.78, 5) is 36.9. The van der Waals surface area contributed by atoms with Crippen molar-refractivity contribution in [3.8, 4) is 22.8 Å². The van der Waals surface area contributed by atoms with Crippen LogP contribution in [0.5, 0.6) is 0 Å². The third kappa shape index (κ3) is 5.68. The van der Waals surface area contributed by atoms with Gasteiger partial charge in [-0.25, -0.2) is 9.78 Å². The fourth-order valence-electron chi connectivity index (χ4n) is 4.62. The van der Waals surface area contributed by atoms with E-state index in [0.717, 1.165) is 48.8 Å². The normalized spacial score (nSPS) is 15.5. The zero-order valence-corrected chi connectivity index (χ0v) is 22.0. The smallest absolute Gasteiger partial charge is 0.348 e. The Morgan fingerprint density at radius 1 is 1.11 bits per heavy atom. The highest BCUT2D eigenvalue weighted by molar-refractivity contribution is 6.33. The van der Waals surface area contributed by atoms with Crippen LogP contribution in [0, 0.1) is 0 Å². The maximum atomic E-state index is 13.0. The van der Waals surface area contributed by atoms with Crippen LogP contribution in [0.2, 0.25) is 5.02 Å². The zero-order chi connectivity index (χ0) is 25.9. The molecule has 2 aromatic carbocycles. The molecule has 0 bridgehead atoms. The molecule has 1 saturated carbocycles. The van der Waals surface area contributed by atoms with Gasteiger partial charge >= 0.3 is 5.69 Å². The van der Waals surface area contributed by atoms with E-state index in [9.17, 15) is 9.59 Å². The Bertz CT molecular complexity index is 1310. The van der Waals surface area contributed by atoms with Crippen molar-refractivity contribution >= 4 is 17.5 Å². The number of amides is 1. The molecule has 1 aliphatic carbocycles. The van der Waals surface area contributed by atoms with E-state index in [2.05, 4.69) is 41.0 Å². The van der Waals surface area contributed by atoms with Gasteiger partial charge in [-0.05, 0) is 47.6 Å². The van der Waals surface area contributed by atoms with Gasteiger partial charge in [-0.3, -0.25) is 9.78 Å². The molecule has 1 fully saturated rings. The number of H-pyrrole nitrogens is 1. The Kier molecular flexibility index (Phi) is 7.62. The summed E-state index contributed by atoms with van der Waals surface area (Å²) in [6, 6.07) is 13.3. The van der Waals surface area contributed by atoms with Crippen LogP contribution in [-0.2, 0) is 21.5 Å². The molecule has 1 heterocycles. The number of rotatable bonds is 6. The summed E-state index contributed by atoms with van der Waals surface area (Å²) < 4.78 is 5.65. The number of aromatic nitrogens is 3. The first-order valence-corrected chi connectivity index (χ1v) is 12.7. The minimum absolute atomic E-state index is 0.0544. The van der Waals surface area contributed by atoms with Crippen LogP contribution < -0.4 is 11.0 Å². The average Bonchev–Trinajstić information content (AvgIpc) is 2.87. The van der Waals surface area contributed by atoms with E-state index in [1.807, 2.05) is 36.4 Å². The van der Waals surface area contributed by atoms with E-state index in [0.29, 0.717) is 28.8 Å². The molecule has 0 aliphatic heterocycles. The van der Waals surface area contributed by atoms with Gasteiger partial charge in [0.2, 0.25) is 0 Å². The minimum atomic E-state index is -0.762. The molecule has 0 saturated heterocycles. The molecule has 0 radical (unpaired) electrons. The molecule has 8 heteroatoms. The standard InChI is InChI=1S/C28H33ClN4O3/c1-27(2,3)20-10-8-9-19(16-20)23-31-24(33-26(35)32-23)21-15-18(11-12-22(21)29)17-30-25(34)28(36-4)13-6-5-7-14-28/h8-12,15-16H,5-7,13-14,17H2,1-4H3,(H,30,34)(H,31,32,33,35). The number of nitrogens with one attached hydrogen (secondary N) is 2. The van der Waals surface area contributed by atoms with Crippen molar-refractivity contribution in [3.63, 3.8) is 0 Å². The fourth-order valence-corrected chi connectivity index (χ4v) is 4.83. The maximum absolute atomic E-state index is 13.0. The lowest BCUT2D eigenvalue weighted by Crippen LogP contribution is -2.49. The highest BCUT2D eigenvalue weighted by atomic mass is 35.5. The molecule has 1 aliphatic rings. The molecular formula is C28H33ClN4O3. The largest absolute Gasteiger partial charge is 0.368 e. The average molecular weight is 509 g/mol. The topological polar surface area (TPSA) is 97.0 Å². The van der Waals surface area contributed by atoms with Crippen LogP contribution in [0.4, 0.5) is 0 Å². The summed E-state index contributed by atoms with van der Waals surface area (Å²) in [5.74, 6) is 0.552. The number of nitrogens with zero attached hydrogens (tertiary/aromatic N) is 2. The molecule has 7 nitrogen and oxygen atoms in total. The third-order valence-electron chi connectivity index (χ3n) is 6.84. The van der Waals surface area contributed by atoms with Crippen LogP contribution in [0.15, 0.2) is 47.3 Å². The van der Waals surface area contributed by atoms with Gasteiger partial charge in [-0.1, -0.05) is 75.9 Å². The molecule has 0 atom stereocenters. The van der Waals surface area contributed by atoms with Gasteiger partial charge < -0.3 is 10.1 Å². The number of ether oxygens (including phenoxy) is 1. The predicted molar refractivity (Wildman–Crippen MR) is 142 cm³/mol.